The van der Waals surface area contributed by atoms with Gasteiger partial charge in [-0.2, -0.15) is 0 Å². The number of nitrogens with one attached hydrogen (secondary N) is 2. The number of thiazole rings is 1. The lowest BCUT2D eigenvalue weighted by Crippen LogP contribution is -2.36. The van der Waals surface area contributed by atoms with Crippen LogP contribution >= 0.6 is 11.3 Å². The van der Waals surface area contributed by atoms with Crippen LogP contribution in [0.15, 0.2) is 34.6 Å². The summed E-state index contributed by atoms with van der Waals surface area (Å²) in [6.07, 6.45) is 1.03. The molecule has 0 atom stereocenters. The van der Waals surface area contributed by atoms with Crippen molar-refractivity contribution in [3.05, 3.63) is 51.5 Å². The Labute approximate surface area is 160 Å². The van der Waals surface area contributed by atoms with Crippen molar-refractivity contribution < 1.29 is 4.74 Å². The maximum absolute atomic E-state index is 5.69. The van der Waals surface area contributed by atoms with E-state index >= 15 is 0 Å². The Bertz CT molecular complexity index is 697. The summed E-state index contributed by atoms with van der Waals surface area (Å²) in [5.74, 6) is 1.24. The van der Waals surface area contributed by atoms with Gasteiger partial charge in [0.15, 0.2) is 5.96 Å². The molecule has 0 saturated carbocycles. The van der Waals surface area contributed by atoms with Gasteiger partial charge in [0.2, 0.25) is 0 Å². The molecule has 0 bridgehead atoms. The predicted molar refractivity (Wildman–Crippen MR) is 110 cm³/mol. The maximum Gasteiger partial charge on any atom is 0.191 e. The largest absolute Gasteiger partial charge is 0.377 e. The van der Waals surface area contributed by atoms with Gasteiger partial charge in [-0.05, 0) is 23.5 Å². The highest BCUT2D eigenvalue weighted by Crippen LogP contribution is 2.17. The molecule has 0 spiro atoms. The molecule has 0 radical (unpaired) electrons. The van der Waals surface area contributed by atoms with Crippen molar-refractivity contribution in [3.8, 4) is 0 Å². The van der Waals surface area contributed by atoms with E-state index in [2.05, 4.69) is 71.0 Å². The molecule has 0 aliphatic heterocycles. The minimum Gasteiger partial charge on any atom is -0.377 e. The molecule has 1 heterocycles. The van der Waals surface area contributed by atoms with Crippen LogP contribution in [0.5, 0.6) is 0 Å². The highest BCUT2D eigenvalue weighted by molar-refractivity contribution is 7.09. The summed E-state index contributed by atoms with van der Waals surface area (Å²) in [5, 5.41) is 9.92. The Kier molecular flexibility index (Phi) is 8.58. The van der Waals surface area contributed by atoms with Gasteiger partial charge in [0, 0.05) is 25.6 Å². The maximum atomic E-state index is 5.69. The fourth-order valence-electron chi connectivity index (χ4n) is 2.43. The van der Waals surface area contributed by atoms with E-state index in [9.17, 15) is 0 Å². The van der Waals surface area contributed by atoms with Crippen LogP contribution in [0.25, 0.3) is 0 Å². The molecule has 0 amide bonds. The zero-order chi connectivity index (χ0) is 18.8. The van der Waals surface area contributed by atoms with Gasteiger partial charge in [0.05, 0.1) is 18.8 Å². The SMILES string of the molecule is CCCOCc1ccccc1CNC(=NC)NCc1nc(C(C)C)cs1. The van der Waals surface area contributed by atoms with Crippen molar-refractivity contribution in [3.63, 3.8) is 0 Å². The highest BCUT2D eigenvalue weighted by Gasteiger charge is 2.07. The third-order valence-corrected chi connectivity index (χ3v) is 4.83. The number of hydrogen-bond acceptors (Lipinski definition) is 4. The lowest BCUT2D eigenvalue weighted by molar-refractivity contribution is 0.121. The molecule has 1 aromatic heterocycles. The van der Waals surface area contributed by atoms with E-state index in [0.717, 1.165) is 29.7 Å². The van der Waals surface area contributed by atoms with E-state index < -0.39 is 0 Å². The number of ether oxygens (including phenoxy) is 1. The monoisotopic (exact) mass is 374 g/mol. The molecule has 0 fully saturated rings. The number of nitrogens with zero attached hydrogens (tertiary/aromatic N) is 2. The first-order valence-corrected chi connectivity index (χ1v) is 10.0. The van der Waals surface area contributed by atoms with Gasteiger partial charge in [-0.1, -0.05) is 45.0 Å². The van der Waals surface area contributed by atoms with Crippen LogP contribution < -0.4 is 10.6 Å². The lowest BCUT2D eigenvalue weighted by atomic mass is 10.1. The molecule has 2 N–H and O–H groups in total. The van der Waals surface area contributed by atoms with Crippen LogP contribution in [-0.4, -0.2) is 24.6 Å². The molecule has 1 aromatic carbocycles. The average Bonchev–Trinajstić information content (AvgIpc) is 3.12. The van der Waals surface area contributed by atoms with E-state index in [-0.39, 0.29) is 0 Å². The van der Waals surface area contributed by atoms with Gasteiger partial charge >= 0.3 is 0 Å². The second-order valence-electron chi connectivity index (χ2n) is 6.42. The summed E-state index contributed by atoms with van der Waals surface area (Å²) in [6.45, 7) is 9.27. The third kappa shape index (κ3) is 6.42. The molecule has 2 rings (SSSR count). The minimum atomic E-state index is 0.462. The predicted octanol–water partition coefficient (Wildman–Crippen LogP) is 4.06. The van der Waals surface area contributed by atoms with Gasteiger partial charge in [0.25, 0.3) is 0 Å². The molecule has 5 nitrogen and oxygen atoms in total. The smallest absolute Gasteiger partial charge is 0.191 e. The lowest BCUT2D eigenvalue weighted by Gasteiger charge is -2.14. The summed E-state index contributed by atoms with van der Waals surface area (Å²) in [5.41, 5.74) is 3.59. The number of rotatable bonds is 9. The Hall–Kier alpha value is -1.92. The van der Waals surface area contributed by atoms with E-state index in [1.165, 1.54) is 11.1 Å². The van der Waals surface area contributed by atoms with Crippen LogP contribution in [0.3, 0.4) is 0 Å². The Morgan fingerprint density at radius 1 is 1.19 bits per heavy atom. The summed E-state index contributed by atoms with van der Waals surface area (Å²) in [4.78, 5) is 8.95. The van der Waals surface area contributed by atoms with E-state index in [0.29, 0.717) is 25.6 Å². The first-order valence-electron chi connectivity index (χ1n) is 9.17. The summed E-state index contributed by atoms with van der Waals surface area (Å²) >= 11 is 1.69. The van der Waals surface area contributed by atoms with E-state index in [1.807, 2.05) is 0 Å². The topological polar surface area (TPSA) is 58.5 Å². The fourth-order valence-corrected chi connectivity index (χ4v) is 3.32. The Balaban J connectivity index is 1.86. The second kappa shape index (κ2) is 10.9. The van der Waals surface area contributed by atoms with Gasteiger partial charge in [-0.25, -0.2) is 4.98 Å². The third-order valence-electron chi connectivity index (χ3n) is 3.96. The van der Waals surface area contributed by atoms with Gasteiger partial charge in [0.1, 0.15) is 5.01 Å². The quantitative estimate of drug-likeness (QED) is 0.395. The number of aromatic nitrogens is 1. The molecular formula is C20H30N4OS. The summed E-state index contributed by atoms with van der Waals surface area (Å²) < 4.78 is 5.69. The van der Waals surface area contributed by atoms with Crippen molar-refractivity contribution in [2.24, 2.45) is 4.99 Å². The number of benzene rings is 1. The zero-order valence-corrected chi connectivity index (χ0v) is 17.0. The van der Waals surface area contributed by atoms with Crippen molar-refractivity contribution >= 4 is 17.3 Å². The van der Waals surface area contributed by atoms with Crippen molar-refractivity contribution in [2.45, 2.75) is 52.8 Å². The first kappa shape index (κ1) is 20.4. The minimum absolute atomic E-state index is 0.462. The van der Waals surface area contributed by atoms with Crippen LogP contribution in [0.2, 0.25) is 0 Å². The molecule has 0 aliphatic carbocycles. The molecule has 6 heteroatoms. The molecular weight excluding hydrogens is 344 g/mol. The number of aliphatic imine (C=N–C) groups is 1. The first-order chi connectivity index (χ1) is 12.6. The summed E-state index contributed by atoms with van der Waals surface area (Å²) in [7, 11) is 1.78. The zero-order valence-electron chi connectivity index (χ0n) is 16.2. The molecule has 0 unspecified atom stereocenters. The molecule has 0 saturated heterocycles. The summed E-state index contributed by atoms with van der Waals surface area (Å²) in [6, 6.07) is 8.35. The van der Waals surface area contributed by atoms with Gasteiger partial charge in [-0.3, -0.25) is 4.99 Å². The fraction of sp³-hybridized carbons (Fsp3) is 0.500. The van der Waals surface area contributed by atoms with Crippen molar-refractivity contribution in [1.29, 1.82) is 0 Å². The van der Waals surface area contributed by atoms with Crippen LogP contribution in [0, 0.1) is 0 Å². The van der Waals surface area contributed by atoms with Crippen molar-refractivity contribution in [2.75, 3.05) is 13.7 Å². The van der Waals surface area contributed by atoms with Crippen molar-refractivity contribution in [1.82, 2.24) is 15.6 Å². The molecule has 142 valence electrons. The second-order valence-corrected chi connectivity index (χ2v) is 7.36. The van der Waals surface area contributed by atoms with Crippen LogP contribution in [-0.2, 0) is 24.4 Å². The number of guanidine groups is 1. The van der Waals surface area contributed by atoms with Gasteiger partial charge in [-0.15, -0.1) is 11.3 Å². The van der Waals surface area contributed by atoms with Gasteiger partial charge < -0.3 is 15.4 Å². The molecule has 26 heavy (non-hydrogen) atoms. The normalized spacial score (nSPS) is 11.8. The number of hydrogen-bond donors (Lipinski definition) is 2. The standard InChI is InChI=1S/C20H30N4OS/c1-5-10-25-13-17-9-7-6-8-16(17)11-22-20(21-4)23-12-19-24-18(14-26-19)15(2)3/h6-9,14-15H,5,10-13H2,1-4H3,(H2,21,22,23). The van der Waals surface area contributed by atoms with E-state index in [4.69, 9.17) is 4.74 Å². The van der Waals surface area contributed by atoms with Crippen LogP contribution in [0.4, 0.5) is 0 Å². The van der Waals surface area contributed by atoms with E-state index in [1.54, 1.807) is 18.4 Å². The Morgan fingerprint density at radius 2 is 1.92 bits per heavy atom. The molecule has 0 aliphatic rings. The average molecular weight is 375 g/mol. The molecule has 2 aromatic rings. The van der Waals surface area contributed by atoms with Crippen LogP contribution in [0.1, 0.15) is 54.9 Å². The highest BCUT2D eigenvalue weighted by atomic mass is 32.1. The Morgan fingerprint density at radius 3 is 2.58 bits per heavy atom.